The highest BCUT2D eigenvalue weighted by atomic mass is 79.9. The van der Waals surface area contributed by atoms with E-state index in [2.05, 4.69) is 32.3 Å². The van der Waals surface area contributed by atoms with Gasteiger partial charge >= 0.3 is 0 Å². The fourth-order valence-corrected chi connectivity index (χ4v) is 3.47. The Balaban J connectivity index is 2.02. The molecule has 0 saturated heterocycles. The van der Waals surface area contributed by atoms with Crippen molar-refractivity contribution >= 4 is 38.8 Å². The maximum Gasteiger partial charge on any atom is 0.246 e. The minimum atomic E-state index is -0.811. The predicted octanol–water partition coefficient (Wildman–Crippen LogP) is 3.48. The molecule has 1 aliphatic rings. The fourth-order valence-electron chi connectivity index (χ4n) is 3.06. The molecule has 4 rings (SSSR count). The number of fused-ring (bicyclic) bond motifs is 3. The molecule has 1 amide bonds. The van der Waals surface area contributed by atoms with Crippen LogP contribution in [0.5, 0.6) is 0 Å². The molecule has 0 spiro atoms. The van der Waals surface area contributed by atoms with Crippen LogP contribution in [0.25, 0.3) is 11.0 Å². The van der Waals surface area contributed by atoms with Gasteiger partial charge in [0.05, 0.1) is 23.1 Å². The van der Waals surface area contributed by atoms with Gasteiger partial charge in [-0.2, -0.15) is 5.26 Å². The number of nitriles is 1. The first kappa shape index (κ1) is 14.0. The van der Waals surface area contributed by atoms with E-state index in [0.717, 1.165) is 21.1 Å². The third kappa shape index (κ3) is 2.13. The standard InChI is InChI=1S/C17H11BrN4O/c18-11-5-3-4-10(8-11)15-12(9-19)16(23)21-17-20-13-6-1-2-7-14(13)22(15)17/h1-8,12,15H,(H,20,21,23). The van der Waals surface area contributed by atoms with Gasteiger partial charge in [0.25, 0.3) is 0 Å². The molecule has 6 heteroatoms. The van der Waals surface area contributed by atoms with E-state index >= 15 is 0 Å². The maximum absolute atomic E-state index is 12.3. The second-order valence-electron chi connectivity index (χ2n) is 5.39. The lowest BCUT2D eigenvalue weighted by Crippen LogP contribution is -2.37. The highest BCUT2D eigenvalue weighted by molar-refractivity contribution is 9.10. The molecule has 1 aromatic heterocycles. The van der Waals surface area contributed by atoms with Crippen molar-refractivity contribution in [3.05, 3.63) is 58.6 Å². The van der Waals surface area contributed by atoms with E-state index in [-0.39, 0.29) is 5.91 Å². The molecule has 2 unspecified atom stereocenters. The summed E-state index contributed by atoms with van der Waals surface area (Å²) >= 11 is 3.46. The molecule has 2 atom stereocenters. The van der Waals surface area contributed by atoms with Crippen LogP contribution in [-0.2, 0) is 4.79 Å². The number of hydrogen-bond donors (Lipinski definition) is 1. The molecular weight excluding hydrogens is 356 g/mol. The maximum atomic E-state index is 12.3. The Hall–Kier alpha value is -2.65. The number of carbonyl (C=O) groups excluding carboxylic acids is 1. The summed E-state index contributed by atoms with van der Waals surface area (Å²) in [5.74, 6) is -0.651. The van der Waals surface area contributed by atoms with E-state index in [4.69, 9.17) is 0 Å². The van der Waals surface area contributed by atoms with Crippen molar-refractivity contribution in [2.75, 3.05) is 5.32 Å². The Kier molecular flexibility index (Phi) is 3.17. The Labute approximate surface area is 140 Å². The second kappa shape index (κ2) is 5.21. The van der Waals surface area contributed by atoms with Gasteiger partial charge in [0, 0.05) is 4.47 Å². The fraction of sp³-hybridized carbons (Fsp3) is 0.118. The van der Waals surface area contributed by atoms with Crippen LogP contribution in [0.15, 0.2) is 53.0 Å². The summed E-state index contributed by atoms with van der Waals surface area (Å²) < 4.78 is 2.84. The first-order chi connectivity index (χ1) is 11.2. The number of hydrogen-bond acceptors (Lipinski definition) is 3. The SMILES string of the molecule is N#CC1C(=O)Nc2nc3ccccc3n2C1c1cccc(Br)c1. The summed E-state index contributed by atoms with van der Waals surface area (Å²) in [6.07, 6.45) is 0. The van der Waals surface area contributed by atoms with Crippen LogP contribution in [0.1, 0.15) is 11.6 Å². The molecule has 0 aliphatic carbocycles. The molecule has 0 fully saturated rings. The predicted molar refractivity (Wildman–Crippen MR) is 89.7 cm³/mol. The van der Waals surface area contributed by atoms with E-state index in [9.17, 15) is 10.1 Å². The summed E-state index contributed by atoms with van der Waals surface area (Å²) in [5.41, 5.74) is 2.58. The zero-order valence-corrected chi connectivity index (χ0v) is 13.5. The monoisotopic (exact) mass is 366 g/mol. The van der Waals surface area contributed by atoms with Crippen molar-refractivity contribution < 1.29 is 4.79 Å². The van der Waals surface area contributed by atoms with Crippen LogP contribution in [0.3, 0.4) is 0 Å². The minimum Gasteiger partial charge on any atom is -0.300 e. The van der Waals surface area contributed by atoms with E-state index in [1.165, 1.54) is 0 Å². The number of amides is 1. The van der Waals surface area contributed by atoms with Gasteiger partial charge in [-0.25, -0.2) is 4.98 Å². The van der Waals surface area contributed by atoms with Crippen LogP contribution in [-0.4, -0.2) is 15.5 Å². The Morgan fingerprint density at radius 3 is 2.83 bits per heavy atom. The van der Waals surface area contributed by atoms with Gasteiger partial charge in [-0.3, -0.25) is 10.1 Å². The highest BCUT2D eigenvalue weighted by Crippen LogP contribution is 2.38. The molecular formula is C17H11BrN4O. The number of nitrogens with zero attached hydrogens (tertiary/aromatic N) is 3. The van der Waals surface area contributed by atoms with Crippen molar-refractivity contribution in [2.45, 2.75) is 6.04 Å². The van der Waals surface area contributed by atoms with Crippen LogP contribution in [0.4, 0.5) is 5.95 Å². The van der Waals surface area contributed by atoms with Gasteiger partial charge in [-0.05, 0) is 29.8 Å². The second-order valence-corrected chi connectivity index (χ2v) is 6.31. The molecule has 23 heavy (non-hydrogen) atoms. The average molecular weight is 367 g/mol. The van der Waals surface area contributed by atoms with Crippen molar-refractivity contribution in [1.82, 2.24) is 9.55 Å². The van der Waals surface area contributed by atoms with Gasteiger partial charge in [0.15, 0.2) is 5.92 Å². The molecule has 2 heterocycles. The number of nitrogens with one attached hydrogen (secondary N) is 1. The largest absolute Gasteiger partial charge is 0.300 e. The Morgan fingerprint density at radius 1 is 1.22 bits per heavy atom. The van der Waals surface area contributed by atoms with Crippen LogP contribution in [0, 0.1) is 17.2 Å². The van der Waals surface area contributed by atoms with E-state index < -0.39 is 12.0 Å². The number of imidazole rings is 1. The number of rotatable bonds is 1. The van der Waals surface area contributed by atoms with Crippen LogP contribution < -0.4 is 5.32 Å². The molecule has 112 valence electrons. The molecule has 1 N–H and O–H groups in total. The zero-order valence-electron chi connectivity index (χ0n) is 11.9. The van der Waals surface area contributed by atoms with Gasteiger partial charge < -0.3 is 4.57 Å². The molecule has 2 aromatic carbocycles. The molecule has 0 saturated carbocycles. The van der Waals surface area contributed by atoms with Crippen molar-refractivity contribution in [3.63, 3.8) is 0 Å². The first-order valence-corrected chi connectivity index (χ1v) is 7.91. The third-order valence-electron chi connectivity index (χ3n) is 4.04. The quantitative estimate of drug-likeness (QED) is 0.716. The van der Waals surface area contributed by atoms with E-state index in [1.807, 2.05) is 53.1 Å². The number of halogens is 1. The smallest absolute Gasteiger partial charge is 0.246 e. The van der Waals surface area contributed by atoms with Crippen molar-refractivity contribution in [2.24, 2.45) is 5.92 Å². The minimum absolute atomic E-state index is 0.319. The van der Waals surface area contributed by atoms with E-state index in [0.29, 0.717) is 5.95 Å². The molecule has 0 bridgehead atoms. The number of carbonyl (C=O) groups is 1. The third-order valence-corrected chi connectivity index (χ3v) is 4.53. The summed E-state index contributed by atoms with van der Waals surface area (Å²) in [4.78, 5) is 16.8. The highest BCUT2D eigenvalue weighted by Gasteiger charge is 2.38. The van der Waals surface area contributed by atoms with Gasteiger partial charge in [0.2, 0.25) is 11.9 Å². The lowest BCUT2D eigenvalue weighted by Gasteiger charge is -2.30. The zero-order chi connectivity index (χ0) is 16.0. The van der Waals surface area contributed by atoms with Gasteiger partial charge in [0.1, 0.15) is 0 Å². The van der Waals surface area contributed by atoms with Crippen LogP contribution >= 0.6 is 15.9 Å². The average Bonchev–Trinajstić information content (AvgIpc) is 2.91. The number of anilines is 1. The number of aromatic nitrogens is 2. The van der Waals surface area contributed by atoms with Crippen LogP contribution in [0.2, 0.25) is 0 Å². The molecule has 3 aromatic rings. The summed E-state index contributed by atoms with van der Waals surface area (Å²) in [7, 11) is 0. The summed E-state index contributed by atoms with van der Waals surface area (Å²) in [6.45, 7) is 0. The van der Waals surface area contributed by atoms with Gasteiger partial charge in [-0.1, -0.05) is 40.2 Å². The Morgan fingerprint density at radius 2 is 2.04 bits per heavy atom. The lowest BCUT2D eigenvalue weighted by atomic mass is 9.91. The lowest BCUT2D eigenvalue weighted by molar-refractivity contribution is -0.119. The normalized spacial score (nSPS) is 19.9. The van der Waals surface area contributed by atoms with Gasteiger partial charge in [-0.15, -0.1) is 0 Å². The molecule has 1 aliphatic heterocycles. The molecule has 0 radical (unpaired) electrons. The summed E-state index contributed by atoms with van der Waals surface area (Å²) in [6, 6.07) is 17.1. The summed E-state index contributed by atoms with van der Waals surface area (Å²) in [5, 5.41) is 12.3. The van der Waals surface area contributed by atoms with E-state index in [1.54, 1.807) is 0 Å². The number of benzene rings is 2. The topological polar surface area (TPSA) is 70.7 Å². The molecule has 5 nitrogen and oxygen atoms in total. The Bertz CT molecular complexity index is 972. The van der Waals surface area contributed by atoms with Crippen molar-refractivity contribution in [1.29, 1.82) is 5.26 Å². The first-order valence-electron chi connectivity index (χ1n) is 7.12. The van der Waals surface area contributed by atoms with Crippen molar-refractivity contribution in [3.8, 4) is 6.07 Å². The number of para-hydroxylation sites is 2.